The number of ether oxygens (including phenoxy) is 2. The molecule has 0 aromatic heterocycles. The molecule has 1 aliphatic carbocycles. The van der Waals surface area contributed by atoms with E-state index < -0.39 is 48.6 Å². The van der Waals surface area contributed by atoms with Crippen molar-refractivity contribution in [2.75, 3.05) is 0 Å². The second-order valence-electron chi connectivity index (χ2n) is 11.9. The van der Waals surface area contributed by atoms with Gasteiger partial charge in [0.15, 0.2) is 31.2 Å². The van der Waals surface area contributed by atoms with Crippen LogP contribution in [0.2, 0.25) is 58.9 Å². The Morgan fingerprint density at radius 1 is 0.848 bits per heavy atom. The molecule has 33 heavy (non-hydrogen) atoms. The van der Waals surface area contributed by atoms with E-state index in [4.69, 9.17) is 22.8 Å². The van der Waals surface area contributed by atoms with Crippen molar-refractivity contribution in [1.82, 2.24) is 0 Å². The van der Waals surface area contributed by atoms with Crippen LogP contribution in [0.1, 0.15) is 38.5 Å². The lowest BCUT2D eigenvalue weighted by atomic mass is 9.98. The summed E-state index contributed by atoms with van der Waals surface area (Å²) in [6.07, 6.45) is 6.79. The SMILES string of the molecule is C[Si](C)(C)OC(CC([SiH3])(O[Si](C)(C)C)O[Si](C)(C)C)OC(=O)C=CC(=O)OC1CCCCC1. The highest BCUT2D eigenvalue weighted by Gasteiger charge is 2.40. The lowest BCUT2D eigenvalue weighted by Crippen LogP contribution is -2.53. The lowest BCUT2D eigenvalue weighted by molar-refractivity contribution is -0.174. The summed E-state index contributed by atoms with van der Waals surface area (Å²) in [4.78, 5) is 24.7. The Hall–Kier alpha value is -0.572. The maximum absolute atomic E-state index is 12.6. The van der Waals surface area contributed by atoms with Crippen molar-refractivity contribution in [3.63, 3.8) is 0 Å². The Bertz CT molecular complexity index is 656. The van der Waals surface area contributed by atoms with Gasteiger partial charge in [-0.2, -0.15) is 0 Å². The molecule has 7 nitrogen and oxygen atoms in total. The Morgan fingerprint density at radius 3 is 1.79 bits per heavy atom. The fraction of sp³-hybridized carbons (Fsp3) is 0.818. The third-order valence-corrected chi connectivity index (χ3v) is 9.20. The summed E-state index contributed by atoms with van der Waals surface area (Å²) < 4.78 is 30.2. The first kappa shape index (κ1) is 30.5. The second-order valence-corrected chi connectivity index (χ2v) is 26.7. The number of rotatable bonds is 12. The molecule has 0 radical (unpaired) electrons. The van der Waals surface area contributed by atoms with E-state index in [-0.39, 0.29) is 6.10 Å². The summed E-state index contributed by atoms with van der Waals surface area (Å²) in [5.74, 6) is -1.15. The van der Waals surface area contributed by atoms with Crippen molar-refractivity contribution in [1.29, 1.82) is 0 Å². The van der Waals surface area contributed by atoms with Crippen molar-refractivity contribution in [3.8, 4) is 0 Å². The van der Waals surface area contributed by atoms with E-state index in [0.29, 0.717) is 16.7 Å². The molecule has 0 spiro atoms. The fourth-order valence-electron chi connectivity index (χ4n) is 3.90. The second kappa shape index (κ2) is 12.4. The maximum atomic E-state index is 12.6. The molecular weight excluding hydrogens is 489 g/mol. The van der Waals surface area contributed by atoms with Gasteiger partial charge in [-0.1, -0.05) is 6.42 Å². The van der Waals surface area contributed by atoms with Crippen LogP contribution in [-0.4, -0.2) is 64.9 Å². The molecule has 1 unspecified atom stereocenters. The number of hydrogen-bond donors (Lipinski definition) is 0. The van der Waals surface area contributed by atoms with Gasteiger partial charge in [-0.15, -0.1) is 0 Å². The molecule has 1 rings (SSSR count). The molecule has 1 aliphatic rings. The zero-order valence-corrected chi connectivity index (χ0v) is 27.4. The molecule has 0 aliphatic heterocycles. The van der Waals surface area contributed by atoms with Gasteiger partial charge in [-0.25, -0.2) is 9.59 Å². The molecule has 0 aromatic carbocycles. The predicted octanol–water partition coefficient (Wildman–Crippen LogP) is 4.25. The molecule has 1 fully saturated rings. The van der Waals surface area contributed by atoms with Crippen LogP contribution in [0.4, 0.5) is 0 Å². The van der Waals surface area contributed by atoms with E-state index in [1.165, 1.54) is 6.42 Å². The molecule has 192 valence electrons. The highest BCUT2D eigenvalue weighted by Crippen LogP contribution is 2.28. The minimum absolute atomic E-state index is 0.0574. The van der Waals surface area contributed by atoms with Crippen LogP contribution in [0.3, 0.4) is 0 Å². The van der Waals surface area contributed by atoms with Gasteiger partial charge in [0, 0.05) is 12.2 Å². The summed E-state index contributed by atoms with van der Waals surface area (Å²) in [6, 6.07) is 0. The first-order valence-electron chi connectivity index (χ1n) is 12.0. The quantitative estimate of drug-likeness (QED) is 0.160. The standard InChI is InChI=1S/C22H46O7Si4/c1-31(2,3)27-21(17-22(30,28-32(4,5)6)29-33(7,8)9)26-20(24)16-15-19(23)25-18-13-11-10-12-14-18/h15-16,18,21H,10-14,17H2,1-9,30H3. The minimum atomic E-state index is -2.04. The molecule has 1 saturated carbocycles. The molecule has 0 aromatic rings. The van der Waals surface area contributed by atoms with Crippen LogP contribution in [0.25, 0.3) is 0 Å². The molecule has 1 atom stereocenters. The number of hydrogen-bond acceptors (Lipinski definition) is 7. The molecule has 0 amide bonds. The van der Waals surface area contributed by atoms with Gasteiger partial charge >= 0.3 is 11.9 Å². The van der Waals surface area contributed by atoms with E-state index >= 15 is 0 Å². The third-order valence-electron chi connectivity index (χ3n) is 4.50. The first-order valence-corrected chi connectivity index (χ1v) is 23.3. The summed E-state index contributed by atoms with van der Waals surface area (Å²) in [7, 11) is -5.32. The highest BCUT2D eigenvalue weighted by molar-refractivity contribution is 6.71. The fourth-order valence-corrected chi connectivity index (χ4v) is 11.7. The van der Waals surface area contributed by atoms with Gasteiger partial charge in [0.25, 0.3) is 0 Å². The van der Waals surface area contributed by atoms with Crippen molar-refractivity contribution >= 4 is 47.1 Å². The monoisotopic (exact) mass is 534 g/mol. The molecule has 0 heterocycles. The molecule has 0 N–H and O–H groups in total. The van der Waals surface area contributed by atoms with Crippen molar-refractivity contribution < 1.29 is 32.3 Å². The van der Waals surface area contributed by atoms with Gasteiger partial charge in [-0.05, 0) is 84.6 Å². The van der Waals surface area contributed by atoms with Crippen LogP contribution in [0.15, 0.2) is 12.2 Å². The van der Waals surface area contributed by atoms with Crippen molar-refractivity contribution in [3.05, 3.63) is 12.2 Å². The minimum Gasteiger partial charge on any atom is -0.459 e. The van der Waals surface area contributed by atoms with E-state index in [9.17, 15) is 9.59 Å². The largest absolute Gasteiger partial charge is 0.459 e. The van der Waals surface area contributed by atoms with Crippen molar-refractivity contribution in [2.45, 2.75) is 115 Å². The Labute approximate surface area is 206 Å². The third kappa shape index (κ3) is 15.1. The predicted molar refractivity (Wildman–Crippen MR) is 143 cm³/mol. The van der Waals surface area contributed by atoms with E-state index in [1.54, 1.807) is 0 Å². The summed E-state index contributed by atoms with van der Waals surface area (Å²) in [5, 5.41) is 0. The summed E-state index contributed by atoms with van der Waals surface area (Å²) in [5.41, 5.74) is -0.802. The molecule has 11 heteroatoms. The Balaban J connectivity index is 2.89. The van der Waals surface area contributed by atoms with E-state index in [0.717, 1.165) is 37.8 Å². The molecule has 0 saturated heterocycles. The number of carbonyl (C=O) groups is 2. The van der Waals surface area contributed by atoms with Gasteiger partial charge in [0.05, 0.1) is 16.7 Å². The van der Waals surface area contributed by atoms with Crippen molar-refractivity contribution in [2.24, 2.45) is 0 Å². The molecule has 0 bridgehead atoms. The highest BCUT2D eigenvalue weighted by atomic mass is 28.4. The van der Waals surface area contributed by atoms with Crippen LogP contribution in [-0.2, 0) is 32.3 Å². The van der Waals surface area contributed by atoms with Crippen LogP contribution >= 0.6 is 0 Å². The van der Waals surface area contributed by atoms with Gasteiger partial charge in [0.1, 0.15) is 11.5 Å². The van der Waals surface area contributed by atoms with Crippen LogP contribution < -0.4 is 0 Å². The molecular formula is C22H46O7Si4. The Kier molecular flexibility index (Phi) is 11.5. The lowest BCUT2D eigenvalue weighted by Gasteiger charge is -2.42. The normalized spacial score (nSPS) is 17.8. The maximum Gasteiger partial charge on any atom is 0.333 e. The average molecular weight is 535 g/mol. The number of carbonyl (C=O) groups excluding carboxylic acids is 2. The van der Waals surface area contributed by atoms with Crippen LogP contribution in [0.5, 0.6) is 0 Å². The first-order chi connectivity index (χ1) is 14.9. The average Bonchev–Trinajstić information content (AvgIpc) is 2.55. The van der Waals surface area contributed by atoms with Gasteiger partial charge < -0.3 is 22.8 Å². The zero-order valence-electron chi connectivity index (χ0n) is 22.4. The van der Waals surface area contributed by atoms with E-state index in [2.05, 4.69) is 39.3 Å². The summed E-state index contributed by atoms with van der Waals surface area (Å²) in [6.45, 7) is 18.8. The summed E-state index contributed by atoms with van der Waals surface area (Å²) >= 11 is 0. The number of esters is 2. The Morgan fingerprint density at radius 2 is 1.33 bits per heavy atom. The zero-order chi connectivity index (χ0) is 25.5. The van der Waals surface area contributed by atoms with Gasteiger partial charge in [-0.3, -0.25) is 0 Å². The van der Waals surface area contributed by atoms with Crippen LogP contribution in [0, 0.1) is 0 Å². The van der Waals surface area contributed by atoms with Gasteiger partial charge in [0.2, 0.25) is 0 Å². The smallest absolute Gasteiger partial charge is 0.333 e. The topological polar surface area (TPSA) is 80.3 Å². The van der Waals surface area contributed by atoms with E-state index in [1.807, 2.05) is 19.6 Å².